The predicted octanol–water partition coefficient (Wildman–Crippen LogP) is 5.04. The van der Waals surface area contributed by atoms with Crippen molar-refractivity contribution in [1.82, 2.24) is 0 Å². The molecule has 10 heteroatoms. The van der Waals surface area contributed by atoms with Gasteiger partial charge < -0.3 is 9.47 Å². The molecule has 0 amide bonds. The number of hydrogen-bond acceptors (Lipinski definition) is 10. The highest BCUT2D eigenvalue weighted by Gasteiger charge is 2.32. The van der Waals surface area contributed by atoms with E-state index >= 15 is 0 Å². The Hall–Kier alpha value is 0.000000000000000333. The molecule has 0 saturated heterocycles. The summed E-state index contributed by atoms with van der Waals surface area (Å²) in [5.41, 5.74) is 0. The van der Waals surface area contributed by atoms with Gasteiger partial charge in [-0.2, -0.15) is 0 Å². The lowest BCUT2D eigenvalue weighted by atomic mass is 10.5. The minimum Gasteiger partial charge on any atom is -0.465 e. The lowest BCUT2D eigenvalue weighted by Gasteiger charge is -2.00. The van der Waals surface area contributed by atoms with Crippen molar-refractivity contribution in [2.75, 3.05) is 26.7 Å². The van der Waals surface area contributed by atoms with Crippen LogP contribution in [0.5, 0.6) is 0 Å². The standard InChI is InChI=1S/C14H14O4S6/c1-17-11(15)9-10(12(16)18-2)22-7(21-9)5-6-8-23-13(19-3)14(20-4)24-8/h5-6H,1-4H3. The molecular weight excluding hydrogens is 425 g/mol. The van der Waals surface area contributed by atoms with Crippen LogP contribution < -0.4 is 0 Å². The van der Waals surface area contributed by atoms with Crippen LogP contribution in [0.3, 0.4) is 0 Å². The Bertz CT molecular complexity index is 629. The quantitative estimate of drug-likeness (QED) is 0.546. The highest BCUT2D eigenvalue weighted by Crippen LogP contribution is 2.56. The van der Waals surface area contributed by atoms with E-state index in [1.165, 1.54) is 50.5 Å². The largest absolute Gasteiger partial charge is 0.465 e. The summed E-state index contributed by atoms with van der Waals surface area (Å²) in [5, 5.41) is 0. The van der Waals surface area contributed by atoms with Crippen LogP contribution in [0.15, 0.2) is 38.9 Å². The first-order chi connectivity index (χ1) is 11.5. The van der Waals surface area contributed by atoms with Gasteiger partial charge in [-0.15, -0.1) is 23.5 Å². The highest BCUT2D eigenvalue weighted by molar-refractivity contribution is 8.40. The molecule has 0 unspecified atom stereocenters. The van der Waals surface area contributed by atoms with Gasteiger partial charge in [-0.25, -0.2) is 9.59 Å². The van der Waals surface area contributed by atoms with Crippen molar-refractivity contribution >= 4 is 82.5 Å². The molecule has 0 aromatic heterocycles. The van der Waals surface area contributed by atoms with Crippen LogP contribution >= 0.6 is 70.6 Å². The zero-order valence-corrected chi connectivity index (χ0v) is 18.1. The van der Waals surface area contributed by atoms with Gasteiger partial charge in [0.2, 0.25) is 0 Å². The van der Waals surface area contributed by atoms with Gasteiger partial charge in [0.25, 0.3) is 0 Å². The number of hydrogen-bond donors (Lipinski definition) is 0. The van der Waals surface area contributed by atoms with E-state index in [1.807, 2.05) is 12.2 Å². The van der Waals surface area contributed by atoms with Gasteiger partial charge in [-0.1, -0.05) is 47.0 Å². The first kappa shape index (κ1) is 20.3. The maximum absolute atomic E-state index is 11.8. The average molecular weight is 439 g/mol. The molecule has 2 aliphatic rings. The minimum atomic E-state index is -0.524. The Labute approximate surface area is 166 Å². The Morgan fingerprint density at radius 3 is 1.50 bits per heavy atom. The normalized spacial score (nSPS) is 17.5. The van der Waals surface area contributed by atoms with E-state index in [0.29, 0.717) is 0 Å². The highest BCUT2D eigenvalue weighted by atomic mass is 32.3. The van der Waals surface area contributed by atoms with E-state index in [-0.39, 0.29) is 9.81 Å². The zero-order chi connectivity index (χ0) is 17.7. The maximum Gasteiger partial charge on any atom is 0.346 e. The molecule has 0 bridgehead atoms. The smallest absolute Gasteiger partial charge is 0.346 e. The Morgan fingerprint density at radius 2 is 1.17 bits per heavy atom. The SMILES string of the molecule is COC(=O)C1=C(C(=O)OC)SC(=CC=C2SC(SC)=C(SC)S2)S1. The van der Waals surface area contributed by atoms with Crippen LogP contribution in [0.2, 0.25) is 0 Å². The van der Waals surface area contributed by atoms with Crippen LogP contribution in [0.4, 0.5) is 0 Å². The van der Waals surface area contributed by atoms with Crippen LogP contribution in [0, 0.1) is 0 Å². The Kier molecular flexibility index (Phi) is 8.15. The van der Waals surface area contributed by atoms with Crippen LogP contribution in [-0.2, 0) is 19.1 Å². The number of allylic oxidation sites excluding steroid dienone is 2. The third-order valence-corrected chi connectivity index (χ3v) is 10.2. The molecule has 0 fully saturated rings. The van der Waals surface area contributed by atoms with Gasteiger partial charge in [-0.05, 0) is 24.7 Å². The predicted molar refractivity (Wildman–Crippen MR) is 112 cm³/mol. The molecule has 0 atom stereocenters. The average Bonchev–Trinajstić information content (AvgIpc) is 3.22. The lowest BCUT2D eigenvalue weighted by Crippen LogP contribution is -2.08. The first-order valence-corrected chi connectivity index (χ1v) is 12.1. The molecule has 2 rings (SSSR count). The second-order valence-corrected chi connectivity index (χ2v) is 10.9. The van der Waals surface area contributed by atoms with E-state index in [9.17, 15) is 9.59 Å². The summed E-state index contributed by atoms with van der Waals surface area (Å²) in [7, 11) is 2.59. The summed E-state index contributed by atoms with van der Waals surface area (Å²) in [5.74, 6) is -1.05. The number of carbonyl (C=O) groups is 2. The van der Waals surface area contributed by atoms with E-state index in [2.05, 4.69) is 12.5 Å². The molecule has 0 N–H and O–H groups in total. The molecule has 0 aliphatic carbocycles. The number of thioether (sulfide) groups is 6. The fraction of sp³-hybridized carbons (Fsp3) is 0.286. The van der Waals surface area contributed by atoms with Crippen molar-refractivity contribution in [1.29, 1.82) is 0 Å². The van der Waals surface area contributed by atoms with Crippen molar-refractivity contribution in [3.63, 3.8) is 0 Å². The molecule has 4 nitrogen and oxygen atoms in total. The minimum absolute atomic E-state index is 0.276. The van der Waals surface area contributed by atoms with Gasteiger partial charge in [0.15, 0.2) is 0 Å². The van der Waals surface area contributed by atoms with E-state index in [1.54, 1.807) is 47.0 Å². The Balaban J connectivity index is 2.13. The molecule has 0 spiro atoms. The van der Waals surface area contributed by atoms with Crippen LogP contribution in [0.1, 0.15) is 0 Å². The summed E-state index contributed by atoms with van der Waals surface area (Å²) in [6.07, 6.45) is 8.07. The molecule has 0 saturated carbocycles. The molecule has 24 heavy (non-hydrogen) atoms. The fourth-order valence-electron chi connectivity index (χ4n) is 1.58. The van der Waals surface area contributed by atoms with Crippen molar-refractivity contribution in [2.24, 2.45) is 0 Å². The van der Waals surface area contributed by atoms with Crippen molar-refractivity contribution in [2.45, 2.75) is 0 Å². The van der Waals surface area contributed by atoms with Crippen LogP contribution in [0.25, 0.3) is 0 Å². The van der Waals surface area contributed by atoms with Gasteiger partial charge >= 0.3 is 11.9 Å². The molecular formula is C14H14O4S6. The molecule has 130 valence electrons. The summed E-state index contributed by atoms with van der Waals surface area (Å²) >= 11 is 9.42. The van der Waals surface area contributed by atoms with Crippen LogP contribution in [-0.4, -0.2) is 38.7 Å². The second-order valence-electron chi connectivity index (χ2n) is 4.00. The molecule has 0 radical (unpaired) electrons. The third kappa shape index (κ3) is 4.79. The molecule has 0 aromatic carbocycles. The van der Waals surface area contributed by atoms with Crippen molar-refractivity contribution in [3.8, 4) is 0 Å². The number of carbonyl (C=O) groups excluding carboxylic acids is 2. The number of esters is 2. The second kappa shape index (κ2) is 9.63. The topological polar surface area (TPSA) is 52.6 Å². The maximum atomic E-state index is 11.8. The molecule has 2 heterocycles. The van der Waals surface area contributed by atoms with Gasteiger partial charge in [0.1, 0.15) is 9.81 Å². The van der Waals surface area contributed by atoms with Crippen molar-refractivity contribution in [3.05, 3.63) is 38.9 Å². The zero-order valence-electron chi connectivity index (χ0n) is 13.2. The van der Waals surface area contributed by atoms with Crippen molar-refractivity contribution < 1.29 is 19.1 Å². The summed E-state index contributed by atoms with van der Waals surface area (Å²) in [6, 6.07) is 0. The summed E-state index contributed by atoms with van der Waals surface area (Å²) in [4.78, 5) is 24.2. The first-order valence-electron chi connectivity index (χ1n) is 6.40. The Morgan fingerprint density at radius 1 is 0.792 bits per heavy atom. The van der Waals surface area contributed by atoms with Gasteiger partial charge in [0, 0.05) is 0 Å². The molecule has 0 aromatic rings. The number of rotatable bonds is 5. The lowest BCUT2D eigenvalue weighted by molar-refractivity contribution is -0.138. The molecule has 2 aliphatic heterocycles. The van der Waals surface area contributed by atoms with E-state index in [4.69, 9.17) is 9.47 Å². The third-order valence-electron chi connectivity index (χ3n) is 2.63. The van der Waals surface area contributed by atoms with Gasteiger partial charge in [0.05, 0.1) is 31.2 Å². The monoisotopic (exact) mass is 438 g/mol. The van der Waals surface area contributed by atoms with Gasteiger partial charge in [-0.3, -0.25) is 0 Å². The fourth-order valence-corrected chi connectivity index (χ4v) is 8.68. The van der Waals surface area contributed by atoms with E-state index < -0.39 is 11.9 Å². The summed E-state index contributed by atoms with van der Waals surface area (Å²) in [6.45, 7) is 0. The number of methoxy groups -OCH3 is 2. The summed E-state index contributed by atoms with van der Waals surface area (Å²) < 4.78 is 14.1. The number of ether oxygens (including phenoxy) is 2. The van der Waals surface area contributed by atoms with E-state index in [0.717, 1.165) is 4.24 Å².